The third-order valence-corrected chi connectivity index (χ3v) is 1.91. The van der Waals surface area contributed by atoms with Gasteiger partial charge in [-0.2, -0.15) is 0 Å². The van der Waals surface area contributed by atoms with Crippen molar-refractivity contribution in [2.24, 2.45) is 0 Å². The Kier molecular flexibility index (Phi) is 3.42. The van der Waals surface area contributed by atoms with E-state index in [1.165, 1.54) is 12.1 Å². The van der Waals surface area contributed by atoms with Gasteiger partial charge in [-0.25, -0.2) is 4.39 Å². The van der Waals surface area contributed by atoms with Gasteiger partial charge in [0.2, 0.25) is 0 Å². The Bertz CT molecular complexity index is 326. The first-order valence-corrected chi connectivity index (χ1v) is 4.55. The predicted molar refractivity (Wildman–Crippen MR) is 50.7 cm³/mol. The van der Waals surface area contributed by atoms with Crippen molar-refractivity contribution in [3.8, 4) is 5.75 Å². The first-order valence-electron chi connectivity index (χ1n) is 3.76. The molecule has 0 atom stereocenters. The van der Waals surface area contributed by atoms with Crippen LogP contribution in [0.25, 0.3) is 0 Å². The van der Waals surface area contributed by atoms with Crippen LogP contribution in [0.3, 0.4) is 0 Å². The van der Waals surface area contributed by atoms with Gasteiger partial charge in [0.05, 0.1) is 12.2 Å². The van der Waals surface area contributed by atoms with Crippen LogP contribution in [0.2, 0.25) is 0 Å². The predicted octanol–water partition coefficient (Wildman–Crippen LogP) is 2.80. The molecule has 0 bridgehead atoms. The molecule has 0 amide bonds. The number of carbonyl (C=O) groups excluding carboxylic acids is 1. The third-order valence-electron chi connectivity index (χ3n) is 1.45. The summed E-state index contributed by atoms with van der Waals surface area (Å²) in [6.07, 6.45) is 0.568. The van der Waals surface area contributed by atoms with Crippen LogP contribution in [0.4, 0.5) is 4.39 Å². The van der Waals surface area contributed by atoms with Crippen LogP contribution in [0, 0.1) is 5.82 Å². The fraction of sp³-hybridized carbons (Fsp3) is 0.222. The Morgan fingerprint density at radius 1 is 1.62 bits per heavy atom. The van der Waals surface area contributed by atoms with Gasteiger partial charge in [-0.1, -0.05) is 15.9 Å². The molecule has 0 aliphatic carbocycles. The lowest BCUT2D eigenvalue weighted by molar-refractivity contribution is 0.111. The van der Waals surface area contributed by atoms with E-state index in [1.54, 1.807) is 6.92 Å². The standard InChI is InChI=1S/C9H8BrFO2/c1-2-13-9-6(5-12)3-7(10)4-8(9)11/h3-5H,2H2,1H3. The highest BCUT2D eigenvalue weighted by Gasteiger charge is 2.10. The fourth-order valence-electron chi connectivity index (χ4n) is 0.964. The SMILES string of the molecule is CCOc1c(F)cc(Br)cc1C=O. The lowest BCUT2D eigenvalue weighted by Crippen LogP contribution is -1.99. The molecule has 13 heavy (non-hydrogen) atoms. The number of hydrogen-bond donors (Lipinski definition) is 0. The summed E-state index contributed by atoms with van der Waals surface area (Å²) in [6, 6.07) is 2.78. The Labute approximate surface area is 83.8 Å². The van der Waals surface area contributed by atoms with Gasteiger partial charge in [0.25, 0.3) is 0 Å². The highest BCUT2D eigenvalue weighted by atomic mass is 79.9. The average Bonchev–Trinajstić information content (AvgIpc) is 2.09. The lowest BCUT2D eigenvalue weighted by atomic mass is 10.2. The van der Waals surface area contributed by atoms with E-state index in [4.69, 9.17) is 4.74 Å². The molecule has 0 spiro atoms. The van der Waals surface area contributed by atoms with Crippen molar-refractivity contribution in [2.45, 2.75) is 6.92 Å². The van der Waals surface area contributed by atoms with E-state index in [2.05, 4.69) is 15.9 Å². The van der Waals surface area contributed by atoms with Crippen molar-refractivity contribution in [3.63, 3.8) is 0 Å². The van der Waals surface area contributed by atoms with E-state index in [0.29, 0.717) is 17.4 Å². The van der Waals surface area contributed by atoms with Gasteiger partial charge in [0, 0.05) is 4.47 Å². The van der Waals surface area contributed by atoms with Gasteiger partial charge in [-0.3, -0.25) is 4.79 Å². The van der Waals surface area contributed by atoms with Crippen molar-refractivity contribution < 1.29 is 13.9 Å². The second kappa shape index (κ2) is 4.37. The molecule has 1 rings (SSSR count). The summed E-state index contributed by atoms with van der Waals surface area (Å²) >= 11 is 3.08. The van der Waals surface area contributed by atoms with Crippen LogP contribution in [-0.4, -0.2) is 12.9 Å². The van der Waals surface area contributed by atoms with Crippen molar-refractivity contribution in [1.82, 2.24) is 0 Å². The van der Waals surface area contributed by atoms with Gasteiger partial charge in [0.1, 0.15) is 0 Å². The second-order valence-electron chi connectivity index (χ2n) is 2.36. The van der Waals surface area contributed by atoms with Crippen molar-refractivity contribution >= 4 is 22.2 Å². The van der Waals surface area contributed by atoms with Crippen LogP contribution < -0.4 is 4.74 Å². The van der Waals surface area contributed by atoms with E-state index < -0.39 is 5.82 Å². The lowest BCUT2D eigenvalue weighted by Gasteiger charge is -2.07. The zero-order valence-corrected chi connectivity index (χ0v) is 8.60. The number of rotatable bonds is 3. The molecule has 2 nitrogen and oxygen atoms in total. The zero-order valence-electron chi connectivity index (χ0n) is 7.01. The summed E-state index contributed by atoms with van der Waals surface area (Å²) in [4.78, 5) is 10.5. The van der Waals surface area contributed by atoms with Crippen LogP contribution in [0.5, 0.6) is 5.75 Å². The third kappa shape index (κ3) is 2.28. The number of halogens is 2. The van der Waals surface area contributed by atoms with E-state index in [0.717, 1.165) is 0 Å². The highest BCUT2D eigenvalue weighted by molar-refractivity contribution is 9.10. The Morgan fingerprint density at radius 2 is 2.31 bits per heavy atom. The molecule has 1 aromatic rings. The maximum absolute atomic E-state index is 13.2. The number of benzene rings is 1. The average molecular weight is 247 g/mol. The molecule has 0 radical (unpaired) electrons. The van der Waals surface area contributed by atoms with Crippen molar-refractivity contribution in [2.75, 3.05) is 6.61 Å². The monoisotopic (exact) mass is 246 g/mol. The molecule has 0 saturated carbocycles. The minimum atomic E-state index is -0.529. The topological polar surface area (TPSA) is 26.3 Å². The molecular formula is C9H8BrFO2. The molecule has 0 heterocycles. The summed E-state index contributed by atoms with van der Waals surface area (Å²) in [7, 11) is 0. The molecule has 4 heteroatoms. The number of hydrogen-bond acceptors (Lipinski definition) is 2. The molecule has 70 valence electrons. The molecule has 0 saturated heterocycles. The molecular weight excluding hydrogens is 239 g/mol. The minimum absolute atomic E-state index is 0.0145. The fourth-order valence-corrected chi connectivity index (χ4v) is 1.41. The first kappa shape index (κ1) is 10.2. The largest absolute Gasteiger partial charge is 0.490 e. The number of carbonyl (C=O) groups is 1. The van der Waals surface area contributed by atoms with Crippen LogP contribution in [-0.2, 0) is 0 Å². The molecule has 0 N–H and O–H groups in total. The molecule has 0 aliphatic rings. The molecule has 0 unspecified atom stereocenters. The Balaban J connectivity index is 3.21. The summed E-state index contributed by atoms with van der Waals surface area (Å²) in [6.45, 7) is 2.06. The summed E-state index contributed by atoms with van der Waals surface area (Å²) < 4.78 is 18.7. The van der Waals surface area contributed by atoms with E-state index in [-0.39, 0.29) is 11.3 Å². The highest BCUT2D eigenvalue weighted by Crippen LogP contribution is 2.25. The molecule has 0 aliphatic heterocycles. The molecule has 0 fully saturated rings. The van der Waals surface area contributed by atoms with Crippen LogP contribution in [0.15, 0.2) is 16.6 Å². The van der Waals surface area contributed by atoms with Gasteiger partial charge >= 0.3 is 0 Å². The maximum Gasteiger partial charge on any atom is 0.166 e. The number of aldehydes is 1. The van der Waals surface area contributed by atoms with E-state index in [9.17, 15) is 9.18 Å². The van der Waals surface area contributed by atoms with E-state index in [1.807, 2.05) is 0 Å². The quantitative estimate of drug-likeness (QED) is 0.767. The maximum atomic E-state index is 13.2. The second-order valence-corrected chi connectivity index (χ2v) is 3.27. The smallest absolute Gasteiger partial charge is 0.166 e. The van der Waals surface area contributed by atoms with E-state index >= 15 is 0 Å². The summed E-state index contributed by atoms with van der Waals surface area (Å²) in [5, 5.41) is 0. The van der Waals surface area contributed by atoms with Gasteiger partial charge < -0.3 is 4.74 Å². The zero-order chi connectivity index (χ0) is 9.84. The Hall–Kier alpha value is -0.900. The first-order chi connectivity index (χ1) is 6.19. The van der Waals surface area contributed by atoms with Gasteiger partial charge in [0.15, 0.2) is 17.9 Å². The number of ether oxygens (including phenoxy) is 1. The van der Waals surface area contributed by atoms with Gasteiger partial charge in [-0.05, 0) is 19.1 Å². The molecule has 0 aromatic heterocycles. The van der Waals surface area contributed by atoms with Gasteiger partial charge in [-0.15, -0.1) is 0 Å². The van der Waals surface area contributed by atoms with Crippen molar-refractivity contribution in [3.05, 3.63) is 28.0 Å². The minimum Gasteiger partial charge on any atom is -0.490 e. The Morgan fingerprint density at radius 3 is 2.85 bits per heavy atom. The normalized spacial score (nSPS) is 9.77. The molecule has 1 aromatic carbocycles. The van der Waals surface area contributed by atoms with Crippen LogP contribution >= 0.6 is 15.9 Å². The van der Waals surface area contributed by atoms with Crippen molar-refractivity contribution in [1.29, 1.82) is 0 Å². The van der Waals surface area contributed by atoms with Crippen LogP contribution in [0.1, 0.15) is 17.3 Å². The summed E-state index contributed by atoms with van der Waals surface area (Å²) in [5.41, 5.74) is 0.216. The summed E-state index contributed by atoms with van der Waals surface area (Å²) in [5.74, 6) is -0.515.